The van der Waals surface area contributed by atoms with E-state index in [2.05, 4.69) is 34.1 Å². The SMILES string of the molecule is O[C@@H](CN1CCN(c2ccccc2)CC1)c1ccc(Cl)cc1. The monoisotopic (exact) mass is 316 g/mol. The first-order valence-corrected chi connectivity index (χ1v) is 8.06. The van der Waals surface area contributed by atoms with Crippen LogP contribution in [-0.4, -0.2) is 42.7 Å². The van der Waals surface area contributed by atoms with Gasteiger partial charge >= 0.3 is 0 Å². The third-order valence-corrected chi connectivity index (χ3v) is 4.43. The Labute approximate surface area is 136 Å². The Kier molecular flexibility index (Phi) is 4.98. The van der Waals surface area contributed by atoms with Crippen LogP contribution >= 0.6 is 11.6 Å². The zero-order valence-electron chi connectivity index (χ0n) is 12.5. The molecule has 22 heavy (non-hydrogen) atoms. The van der Waals surface area contributed by atoms with E-state index in [1.54, 1.807) is 0 Å². The highest BCUT2D eigenvalue weighted by atomic mass is 35.5. The van der Waals surface area contributed by atoms with Crippen molar-refractivity contribution in [3.05, 3.63) is 65.2 Å². The van der Waals surface area contributed by atoms with Gasteiger partial charge in [0.25, 0.3) is 0 Å². The Morgan fingerprint density at radius 2 is 1.55 bits per heavy atom. The van der Waals surface area contributed by atoms with Gasteiger partial charge in [-0.1, -0.05) is 41.9 Å². The summed E-state index contributed by atoms with van der Waals surface area (Å²) in [5.41, 5.74) is 2.20. The summed E-state index contributed by atoms with van der Waals surface area (Å²) >= 11 is 5.88. The molecule has 1 aliphatic heterocycles. The van der Waals surface area contributed by atoms with Gasteiger partial charge in [0.2, 0.25) is 0 Å². The van der Waals surface area contributed by atoms with Crippen LogP contribution in [0.1, 0.15) is 11.7 Å². The predicted octanol–water partition coefficient (Wildman–Crippen LogP) is 3.20. The molecule has 0 bridgehead atoms. The molecule has 2 aromatic rings. The number of nitrogens with zero attached hydrogens (tertiary/aromatic N) is 2. The molecular weight excluding hydrogens is 296 g/mol. The summed E-state index contributed by atoms with van der Waals surface area (Å²) in [6.45, 7) is 4.61. The third-order valence-electron chi connectivity index (χ3n) is 4.18. The van der Waals surface area contributed by atoms with Gasteiger partial charge in [-0.15, -0.1) is 0 Å². The highest BCUT2D eigenvalue weighted by Gasteiger charge is 2.20. The average molecular weight is 317 g/mol. The second-order valence-corrected chi connectivity index (χ2v) is 6.13. The number of hydrogen-bond acceptors (Lipinski definition) is 3. The highest BCUT2D eigenvalue weighted by molar-refractivity contribution is 6.30. The molecule has 1 saturated heterocycles. The number of piperazine rings is 1. The molecule has 3 nitrogen and oxygen atoms in total. The van der Waals surface area contributed by atoms with E-state index >= 15 is 0 Å². The molecule has 1 fully saturated rings. The summed E-state index contributed by atoms with van der Waals surface area (Å²) in [7, 11) is 0. The van der Waals surface area contributed by atoms with Crippen molar-refractivity contribution in [1.82, 2.24) is 4.90 Å². The Balaban J connectivity index is 1.52. The van der Waals surface area contributed by atoms with Crippen LogP contribution in [0.25, 0.3) is 0 Å². The van der Waals surface area contributed by atoms with E-state index < -0.39 is 6.10 Å². The van der Waals surface area contributed by atoms with Crippen LogP contribution in [0.4, 0.5) is 5.69 Å². The summed E-state index contributed by atoms with van der Waals surface area (Å²) in [6.07, 6.45) is -0.458. The minimum atomic E-state index is -0.458. The first-order chi connectivity index (χ1) is 10.7. The molecule has 1 heterocycles. The van der Waals surface area contributed by atoms with Crippen molar-refractivity contribution >= 4 is 17.3 Å². The van der Waals surface area contributed by atoms with Crippen LogP contribution in [0.3, 0.4) is 0 Å². The fourth-order valence-corrected chi connectivity index (χ4v) is 2.99. The number of para-hydroxylation sites is 1. The number of anilines is 1. The van der Waals surface area contributed by atoms with Crippen molar-refractivity contribution in [2.75, 3.05) is 37.6 Å². The molecule has 1 aliphatic rings. The van der Waals surface area contributed by atoms with E-state index in [1.165, 1.54) is 5.69 Å². The fourth-order valence-electron chi connectivity index (χ4n) is 2.86. The first kappa shape index (κ1) is 15.3. The summed E-state index contributed by atoms with van der Waals surface area (Å²) in [5, 5.41) is 11.0. The zero-order chi connectivity index (χ0) is 15.4. The second-order valence-electron chi connectivity index (χ2n) is 5.69. The summed E-state index contributed by atoms with van der Waals surface area (Å²) < 4.78 is 0. The third kappa shape index (κ3) is 3.80. The van der Waals surface area contributed by atoms with Crippen LogP contribution in [0.2, 0.25) is 5.02 Å². The van der Waals surface area contributed by atoms with Crippen LogP contribution < -0.4 is 4.90 Å². The van der Waals surface area contributed by atoms with Crippen molar-refractivity contribution in [3.63, 3.8) is 0 Å². The lowest BCUT2D eigenvalue weighted by Gasteiger charge is -2.37. The minimum Gasteiger partial charge on any atom is -0.387 e. The van der Waals surface area contributed by atoms with Gasteiger partial charge in [0.15, 0.2) is 0 Å². The van der Waals surface area contributed by atoms with Crippen molar-refractivity contribution < 1.29 is 5.11 Å². The van der Waals surface area contributed by atoms with Crippen molar-refractivity contribution in [1.29, 1.82) is 0 Å². The van der Waals surface area contributed by atoms with Crippen LogP contribution in [0.5, 0.6) is 0 Å². The van der Waals surface area contributed by atoms with Gasteiger partial charge in [-0.25, -0.2) is 0 Å². The molecule has 0 unspecified atom stereocenters. The molecule has 0 amide bonds. The topological polar surface area (TPSA) is 26.7 Å². The first-order valence-electron chi connectivity index (χ1n) is 7.68. The van der Waals surface area contributed by atoms with E-state index in [-0.39, 0.29) is 0 Å². The Morgan fingerprint density at radius 1 is 0.909 bits per heavy atom. The molecule has 116 valence electrons. The number of rotatable bonds is 4. The highest BCUT2D eigenvalue weighted by Crippen LogP contribution is 2.20. The van der Waals surface area contributed by atoms with Crippen LogP contribution in [0, 0.1) is 0 Å². The maximum absolute atomic E-state index is 10.3. The Morgan fingerprint density at radius 3 is 2.18 bits per heavy atom. The average Bonchev–Trinajstić information content (AvgIpc) is 2.57. The van der Waals surface area contributed by atoms with E-state index in [0.717, 1.165) is 31.7 Å². The van der Waals surface area contributed by atoms with Crippen molar-refractivity contribution in [2.24, 2.45) is 0 Å². The number of hydrogen-bond donors (Lipinski definition) is 1. The molecule has 0 aliphatic carbocycles. The molecule has 3 rings (SSSR count). The lowest BCUT2D eigenvalue weighted by Crippen LogP contribution is -2.47. The molecule has 0 spiro atoms. The second kappa shape index (κ2) is 7.14. The summed E-state index contributed by atoms with van der Waals surface area (Å²) in [4.78, 5) is 4.71. The number of aliphatic hydroxyl groups excluding tert-OH is 1. The van der Waals surface area contributed by atoms with Crippen LogP contribution in [0.15, 0.2) is 54.6 Å². The lowest BCUT2D eigenvalue weighted by molar-refractivity contribution is 0.109. The maximum atomic E-state index is 10.3. The van der Waals surface area contributed by atoms with E-state index in [9.17, 15) is 5.11 Å². The molecule has 0 radical (unpaired) electrons. The minimum absolute atomic E-state index is 0.458. The molecule has 1 N–H and O–H groups in total. The zero-order valence-corrected chi connectivity index (χ0v) is 13.3. The molecule has 0 aromatic heterocycles. The summed E-state index contributed by atoms with van der Waals surface area (Å²) in [6, 6.07) is 17.9. The molecule has 4 heteroatoms. The normalized spacial score (nSPS) is 17.5. The van der Waals surface area contributed by atoms with Gasteiger partial charge in [0.1, 0.15) is 0 Å². The lowest BCUT2D eigenvalue weighted by atomic mass is 10.1. The largest absolute Gasteiger partial charge is 0.387 e. The summed E-state index contributed by atoms with van der Waals surface area (Å²) in [5.74, 6) is 0. The number of aliphatic hydroxyl groups is 1. The van der Waals surface area contributed by atoms with Gasteiger partial charge in [0.05, 0.1) is 6.10 Å². The number of benzene rings is 2. The van der Waals surface area contributed by atoms with Gasteiger partial charge in [0, 0.05) is 43.4 Å². The quantitative estimate of drug-likeness (QED) is 0.938. The van der Waals surface area contributed by atoms with Crippen LogP contribution in [-0.2, 0) is 0 Å². The van der Waals surface area contributed by atoms with Gasteiger partial charge in [-0.3, -0.25) is 4.90 Å². The van der Waals surface area contributed by atoms with Crippen molar-refractivity contribution in [3.8, 4) is 0 Å². The fraction of sp³-hybridized carbons (Fsp3) is 0.333. The maximum Gasteiger partial charge on any atom is 0.0916 e. The molecule has 1 atom stereocenters. The predicted molar refractivity (Wildman–Crippen MR) is 91.5 cm³/mol. The molecule has 0 saturated carbocycles. The standard InChI is InChI=1S/C18H21ClN2O/c19-16-8-6-15(7-9-16)18(22)14-20-10-12-21(13-11-20)17-4-2-1-3-5-17/h1-9,18,22H,10-14H2/t18-/m0/s1. The Hall–Kier alpha value is -1.55. The number of β-amino-alcohol motifs (C(OH)–C–C–N with tert-alkyl or cyclic N) is 1. The Bertz CT molecular complexity index is 580. The van der Waals surface area contributed by atoms with Gasteiger partial charge in [-0.2, -0.15) is 0 Å². The number of halogens is 1. The van der Waals surface area contributed by atoms with E-state index in [1.807, 2.05) is 30.3 Å². The van der Waals surface area contributed by atoms with Gasteiger partial charge < -0.3 is 10.0 Å². The smallest absolute Gasteiger partial charge is 0.0916 e. The molecule has 2 aromatic carbocycles. The van der Waals surface area contributed by atoms with E-state index in [0.29, 0.717) is 11.6 Å². The molecular formula is C18H21ClN2O. The van der Waals surface area contributed by atoms with Crippen molar-refractivity contribution in [2.45, 2.75) is 6.10 Å². The van der Waals surface area contributed by atoms with E-state index in [4.69, 9.17) is 11.6 Å². The van der Waals surface area contributed by atoms with Gasteiger partial charge in [-0.05, 0) is 29.8 Å².